The Bertz CT molecular complexity index is 81.3. The topological polar surface area (TPSA) is 9.23 Å². The third kappa shape index (κ3) is 5.00. The monoisotopic (exact) mass is 160 g/mol. The first-order chi connectivity index (χ1) is 4.62. The molecular weight excluding hydrogens is 140 g/mol. The first-order valence-corrected chi connectivity index (χ1v) is 7.38. The Kier molecular flexibility index (Phi) is 5.00. The molecule has 2 heteroatoms. The van der Waals surface area contributed by atoms with Crippen LogP contribution >= 0.6 is 0 Å². The Hall–Kier alpha value is 0.177. The van der Waals surface area contributed by atoms with Crippen molar-refractivity contribution in [3.05, 3.63) is 0 Å². The highest BCUT2D eigenvalue weighted by Gasteiger charge is 2.18. The van der Waals surface area contributed by atoms with Crippen molar-refractivity contribution in [2.45, 2.75) is 45.8 Å². The van der Waals surface area contributed by atoms with Gasteiger partial charge in [0.25, 0.3) is 0 Å². The molecule has 0 amide bonds. The van der Waals surface area contributed by atoms with Crippen LogP contribution in [0.15, 0.2) is 0 Å². The number of hydrogen-bond donors (Lipinski definition) is 0. The highest BCUT2D eigenvalue weighted by atomic mass is 28.4. The van der Waals surface area contributed by atoms with Crippen molar-refractivity contribution >= 4 is 8.32 Å². The van der Waals surface area contributed by atoms with E-state index in [1.807, 2.05) is 0 Å². The molecular formula is C8H20OSi. The summed E-state index contributed by atoms with van der Waals surface area (Å²) in [7, 11) is -1.21. The summed E-state index contributed by atoms with van der Waals surface area (Å²) in [5.74, 6) is 0. The fourth-order valence-electron chi connectivity index (χ4n) is 0.595. The van der Waals surface area contributed by atoms with Gasteiger partial charge >= 0.3 is 0 Å². The fourth-order valence-corrected chi connectivity index (χ4v) is 1.50. The third-order valence-electron chi connectivity index (χ3n) is 1.84. The van der Waals surface area contributed by atoms with Crippen LogP contribution in [-0.2, 0) is 4.43 Å². The van der Waals surface area contributed by atoms with Gasteiger partial charge in [-0.15, -0.1) is 0 Å². The van der Waals surface area contributed by atoms with Gasteiger partial charge in [-0.3, -0.25) is 0 Å². The maximum Gasteiger partial charge on any atom is 0.186 e. The first-order valence-electron chi connectivity index (χ1n) is 4.26. The van der Waals surface area contributed by atoms with Crippen molar-refractivity contribution in [3.8, 4) is 0 Å². The summed E-state index contributed by atoms with van der Waals surface area (Å²) >= 11 is 0. The van der Waals surface area contributed by atoms with Gasteiger partial charge in [-0.25, -0.2) is 0 Å². The van der Waals surface area contributed by atoms with E-state index in [4.69, 9.17) is 4.43 Å². The maximum absolute atomic E-state index is 5.76. The van der Waals surface area contributed by atoms with Crippen LogP contribution in [0.2, 0.25) is 19.1 Å². The molecule has 0 heterocycles. The van der Waals surface area contributed by atoms with Gasteiger partial charge in [0.15, 0.2) is 8.32 Å². The lowest BCUT2D eigenvalue weighted by molar-refractivity contribution is 0.299. The molecule has 0 aromatic rings. The van der Waals surface area contributed by atoms with Gasteiger partial charge in [-0.2, -0.15) is 0 Å². The Balaban J connectivity index is 3.28. The molecule has 0 aromatic carbocycles. The minimum absolute atomic E-state index is 0.976. The Morgan fingerprint density at radius 2 is 1.80 bits per heavy atom. The number of rotatable bonds is 5. The van der Waals surface area contributed by atoms with Crippen LogP contribution in [0.4, 0.5) is 0 Å². The summed E-state index contributed by atoms with van der Waals surface area (Å²) in [4.78, 5) is 0. The number of hydrogen-bond acceptors (Lipinski definition) is 1. The van der Waals surface area contributed by atoms with Crippen LogP contribution in [0.1, 0.15) is 26.7 Å². The predicted octanol–water partition coefficient (Wildman–Crippen LogP) is 3.03. The number of unbranched alkanes of at least 4 members (excludes halogenated alkanes) is 1. The van der Waals surface area contributed by atoms with E-state index in [2.05, 4.69) is 26.9 Å². The smallest absolute Gasteiger partial charge is 0.186 e. The SMILES string of the molecule is CCCCO[Si](C)(C)CC. The summed E-state index contributed by atoms with van der Waals surface area (Å²) in [5.41, 5.74) is 0. The first kappa shape index (κ1) is 10.2. The van der Waals surface area contributed by atoms with Crippen LogP contribution < -0.4 is 0 Å². The second-order valence-electron chi connectivity index (χ2n) is 3.32. The van der Waals surface area contributed by atoms with Crippen molar-refractivity contribution in [2.24, 2.45) is 0 Å². The van der Waals surface area contributed by atoms with E-state index in [-0.39, 0.29) is 0 Å². The molecule has 1 nitrogen and oxygen atoms in total. The highest BCUT2D eigenvalue weighted by Crippen LogP contribution is 2.10. The second-order valence-corrected chi connectivity index (χ2v) is 7.83. The van der Waals surface area contributed by atoms with Crippen molar-refractivity contribution in [1.29, 1.82) is 0 Å². The van der Waals surface area contributed by atoms with Crippen molar-refractivity contribution in [1.82, 2.24) is 0 Å². The molecule has 0 atom stereocenters. The molecule has 0 spiro atoms. The molecule has 62 valence electrons. The Labute approximate surface area is 65.9 Å². The van der Waals surface area contributed by atoms with Crippen molar-refractivity contribution < 1.29 is 4.43 Å². The van der Waals surface area contributed by atoms with Crippen LogP contribution in [0.3, 0.4) is 0 Å². The fraction of sp³-hybridized carbons (Fsp3) is 1.00. The predicted molar refractivity (Wildman–Crippen MR) is 48.8 cm³/mol. The van der Waals surface area contributed by atoms with Crippen LogP contribution in [0, 0.1) is 0 Å². The zero-order valence-electron chi connectivity index (χ0n) is 7.74. The molecule has 0 saturated heterocycles. The largest absolute Gasteiger partial charge is 0.417 e. The van der Waals surface area contributed by atoms with Gasteiger partial charge in [0.05, 0.1) is 0 Å². The minimum atomic E-state index is -1.21. The van der Waals surface area contributed by atoms with Gasteiger partial charge in [-0.1, -0.05) is 20.3 Å². The van der Waals surface area contributed by atoms with Crippen LogP contribution in [0.5, 0.6) is 0 Å². The van der Waals surface area contributed by atoms with Gasteiger partial charge in [0, 0.05) is 6.61 Å². The second kappa shape index (κ2) is 4.91. The molecule has 0 saturated carbocycles. The van der Waals surface area contributed by atoms with Gasteiger partial charge in [0.2, 0.25) is 0 Å². The minimum Gasteiger partial charge on any atom is -0.417 e. The molecule has 0 radical (unpaired) electrons. The lowest BCUT2D eigenvalue weighted by Crippen LogP contribution is -2.29. The molecule has 0 unspecified atom stereocenters. The molecule has 0 aliphatic heterocycles. The normalized spacial score (nSPS) is 12.0. The van der Waals surface area contributed by atoms with Gasteiger partial charge in [0.1, 0.15) is 0 Å². The van der Waals surface area contributed by atoms with E-state index >= 15 is 0 Å². The summed E-state index contributed by atoms with van der Waals surface area (Å²) in [5, 5.41) is 0. The van der Waals surface area contributed by atoms with Crippen LogP contribution in [0.25, 0.3) is 0 Å². The maximum atomic E-state index is 5.76. The van der Waals surface area contributed by atoms with E-state index in [0.717, 1.165) is 6.61 Å². The Morgan fingerprint density at radius 1 is 1.20 bits per heavy atom. The molecule has 0 fully saturated rings. The third-order valence-corrected chi connectivity index (χ3v) is 4.53. The van der Waals surface area contributed by atoms with E-state index in [1.165, 1.54) is 18.9 Å². The zero-order chi connectivity index (χ0) is 8.04. The molecule has 0 aromatic heterocycles. The zero-order valence-corrected chi connectivity index (χ0v) is 8.74. The standard InChI is InChI=1S/C8H20OSi/c1-5-7-8-9-10(3,4)6-2/h5-8H2,1-4H3. The summed E-state index contributed by atoms with van der Waals surface area (Å²) < 4.78 is 5.76. The highest BCUT2D eigenvalue weighted by molar-refractivity contribution is 6.71. The quantitative estimate of drug-likeness (QED) is 0.444. The molecule has 0 rings (SSSR count). The van der Waals surface area contributed by atoms with Crippen molar-refractivity contribution in [3.63, 3.8) is 0 Å². The van der Waals surface area contributed by atoms with E-state index in [1.54, 1.807) is 0 Å². The van der Waals surface area contributed by atoms with Gasteiger partial charge < -0.3 is 4.43 Å². The summed E-state index contributed by atoms with van der Waals surface area (Å²) in [6.07, 6.45) is 2.46. The average Bonchev–Trinajstić information content (AvgIpc) is 1.89. The van der Waals surface area contributed by atoms with Crippen LogP contribution in [-0.4, -0.2) is 14.9 Å². The molecule has 0 bridgehead atoms. The van der Waals surface area contributed by atoms with E-state index in [0.29, 0.717) is 0 Å². The van der Waals surface area contributed by atoms with Gasteiger partial charge in [-0.05, 0) is 25.6 Å². The molecule has 0 aliphatic rings. The average molecular weight is 160 g/mol. The van der Waals surface area contributed by atoms with E-state index < -0.39 is 8.32 Å². The van der Waals surface area contributed by atoms with Crippen molar-refractivity contribution in [2.75, 3.05) is 6.61 Å². The summed E-state index contributed by atoms with van der Waals surface area (Å²) in [6, 6.07) is 1.23. The molecule has 0 N–H and O–H groups in total. The van der Waals surface area contributed by atoms with E-state index in [9.17, 15) is 0 Å². The molecule has 0 aliphatic carbocycles. The molecule has 10 heavy (non-hydrogen) atoms. The lowest BCUT2D eigenvalue weighted by atomic mass is 10.4. The summed E-state index contributed by atoms with van der Waals surface area (Å²) in [6.45, 7) is 9.96. The lowest BCUT2D eigenvalue weighted by Gasteiger charge is -2.20. The Morgan fingerprint density at radius 3 is 2.20 bits per heavy atom.